The zero-order valence-electron chi connectivity index (χ0n) is 9.71. The first kappa shape index (κ1) is 18.4. The highest BCUT2D eigenvalue weighted by atomic mass is 31.2. The maximum absolute atomic E-state index is 8.88. The van der Waals surface area contributed by atoms with Crippen LogP contribution in [0.2, 0.25) is 0 Å². The first-order valence-electron chi connectivity index (χ1n) is 5.38. The van der Waals surface area contributed by atoms with Crippen molar-refractivity contribution in [3.05, 3.63) is 0 Å². The van der Waals surface area contributed by atoms with Crippen LogP contribution in [0, 0.1) is 0 Å². The fourth-order valence-corrected chi connectivity index (χ4v) is 0.974. The van der Waals surface area contributed by atoms with Gasteiger partial charge in [-0.3, -0.25) is 0 Å². The average Bonchev–Trinajstić information content (AvgIpc) is 2.14. The molecule has 100 valence electrons. The topological polar surface area (TPSA) is 107 Å². The van der Waals surface area contributed by atoms with Crippen molar-refractivity contribution in [3.8, 4) is 0 Å². The lowest BCUT2D eigenvalue weighted by Gasteiger charge is -2.00. The van der Waals surface area contributed by atoms with Gasteiger partial charge in [-0.05, 0) is 6.42 Å². The molecule has 0 aromatic heterocycles. The van der Waals surface area contributed by atoms with Crippen LogP contribution in [0.25, 0.3) is 0 Å². The van der Waals surface area contributed by atoms with Crippen LogP contribution in [0.3, 0.4) is 0 Å². The van der Waals surface area contributed by atoms with Gasteiger partial charge in [-0.15, -0.1) is 0 Å². The van der Waals surface area contributed by atoms with Crippen LogP contribution >= 0.6 is 7.82 Å². The van der Waals surface area contributed by atoms with Gasteiger partial charge in [-0.2, -0.15) is 0 Å². The van der Waals surface area contributed by atoms with Gasteiger partial charge < -0.3 is 24.5 Å². The Morgan fingerprint density at radius 2 is 1.50 bits per heavy atom. The molecule has 0 aliphatic heterocycles. The van der Waals surface area contributed by atoms with Gasteiger partial charge in [0.15, 0.2) is 0 Å². The van der Waals surface area contributed by atoms with Gasteiger partial charge in [0, 0.05) is 6.61 Å². The van der Waals surface area contributed by atoms with Gasteiger partial charge in [0.05, 0.1) is 13.2 Å². The largest absolute Gasteiger partial charge is 0.466 e. The summed E-state index contributed by atoms with van der Waals surface area (Å²) < 4.78 is 14.0. The van der Waals surface area contributed by atoms with Crippen molar-refractivity contribution in [2.24, 2.45) is 0 Å². The molecule has 7 heteroatoms. The molecule has 4 N–H and O–H groups in total. The van der Waals surface area contributed by atoms with Crippen molar-refractivity contribution >= 4 is 7.82 Å². The van der Waals surface area contributed by atoms with Gasteiger partial charge >= 0.3 is 7.82 Å². The molecule has 0 heterocycles. The van der Waals surface area contributed by atoms with Gasteiger partial charge in [0.25, 0.3) is 0 Å². The molecular weight excluding hydrogens is 235 g/mol. The molecule has 0 saturated carbocycles. The van der Waals surface area contributed by atoms with E-state index in [-0.39, 0.29) is 6.61 Å². The smallest absolute Gasteiger partial charge is 0.394 e. The summed E-state index contributed by atoms with van der Waals surface area (Å²) in [4.78, 5) is 21.6. The van der Waals surface area contributed by atoms with E-state index in [2.05, 4.69) is 6.92 Å². The first-order valence-corrected chi connectivity index (χ1v) is 6.95. The molecule has 6 nitrogen and oxygen atoms in total. The molecule has 0 aromatic rings. The summed E-state index contributed by atoms with van der Waals surface area (Å²) in [5.74, 6) is 0. The van der Waals surface area contributed by atoms with Crippen LogP contribution < -0.4 is 0 Å². The standard InChI is InChI=1S/C9H20O2.H3O4P/c1-2-3-4-5-6-8-11-9-7-10;1-5(2,3)4/h10H,2-9H2,1H3;(H3,1,2,3,4). The van der Waals surface area contributed by atoms with Gasteiger partial charge in [-0.1, -0.05) is 32.6 Å². The molecule has 0 rings (SSSR count). The Kier molecular flexibility index (Phi) is 15.1. The Balaban J connectivity index is 0. The molecule has 16 heavy (non-hydrogen) atoms. The highest BCUT2D eigenvalue weighted by molar-refractivity contribution is 7.45. The lowest BCUT2D eigenvalue weighted by molar-refractivity contribution is 0.0895. The van der Waals surface area contributed by atoms with Crippen LogP contribution in [0.15, 0.2) is 0 Å². The highest BCUT2D eigenvalue weighted by Gasteiger charge is 2.00. The van der Waals surface area contributed by atoms with Crippen LogP contribution in [-0.2, 0) is 9.30 Å². The van der Waals surface area contributed by atoms with E-state index in [0.29, 0.717) is 6.61 Å². The third-order valence-electron chi connectivity index (χ3n) is 1.63. The lowest BCUT2D eigenvalue weighted by atomic mass is 10.2. The van der Waals surface area contributed by atoms with Crippen LogP contribution in [-0.4, -0.2) is 39.6 Å². The third-order valence-corrected chi connectivity index (χ3v) is 1.63. The van der Waals surface area contributed by atoms with Crippen molar-refractivity contribution in [1.82, 2.24) is 0 Å². The Morgan fingerprint density at radius 3 is 1.94 bits per heavy atom. The Bertz CT molecular complexity index is 153. The molecule has 0 aliphatic rings. The second-order valence-electron chi connectivity index (χ2n) is 3.26. The molecule has 0 unspecified atom stereocenters. The number of hydrogen-bond acceptors (Lipinski definition) is 3. The fourth-order valence-electron chi connectivity index (χ4n) is 0.974. The zero-order valence-corrected chi connectivity index (χ0v) is 10.6. The quantitative estimate of drug-likeness (QED) is 0.383. The molecule has 0 atom stereocenters. The summed E-state index contributed by atoms with van der Waals surface area (Å²) in [6.07, 6.45) is 6.34. The van der Waals surface area contributed by atoms with Gasteiger partial charge in [-0.25, -0.2) is 4.57 Å². The summed E-state index contributed by atoms with van der Waals surface area (Å²) in [6.45, 7) is 3.66. The average molecular weight is 258 g/mol. The molecule has 0 radical (unpaired) electrons. The number of rotatable bonds is 8. The van der Waals surface area contributed by atoms with E-state index in [1.807, 2.05) is 0 Å². The SMILES string of the molecule is CCCCCCCOCCO.O=P(O)(O)O. The van der Waals surface area contributed by atoms with E-state index < -0.39 is 7.82 Å². The third kappa shape index (κ3) is 36.9. The van der Waals surface area contributed by atoms with Gasteiger partial charge in [0.1, 0.15) is 0 Å². The molecule has 0 fully saturated rings. The Hall–Kier alpha value is 0.0300. The summed E-state index contributed by atoms with van der Waals surface area (Å²) in [6, 6.07) is 0. The van der Waals surface area contributed by atoms with Crippen LogP contribution in [0.1, 0.15) is 39.0 Å². The lowest BCUT2D eigenvalue weighted by Crippen LogP contribution is -2.00. The first-order chi connectivity index (χ1) is 7.41. The maximum atomic E-state index is 8.88. The van der Waals surface area contributed by atoms with E-state index in [1.165, 1.54) is 25.7 Å². The van der Waals surface area contributed by atoms with Crippen molar-refractivity contribution in [2.75, 3.05) is 19.8 Å². The predicted octanol–water partition coefficient (Wildman–Crippen LogP) is 1.04. The Labute approximate surface area is 96.5 Å². The molecule has 0 aliphatic carbocycles. The summed E-state index contributed by atoms with van der Waals surface area (Å²) in [5.41, 5.74) is 0. The minimum Gasteiger partial charge on any atom is -0.394 e. The maximum Gasteiger partial charge on any atom is 0.466 e. The van der Waals surface area contributed by atoms with Gasteiger partial charge in [0.2, 0.25) is 0 Å². The summed E-state index contributed by atoms with van der Waals surface area (Å²) >= 11 is 0. The zero-order chi connectivity index (χ0) is 12.9. The van der Waals surface area contributed by atoms with E-state index in [0.717, 1.165) is 13.0 Å². The molecule has 0 saturated heterocycles. The number of aliphatic hydroxyl groups excluding tert-OH is 1. The van der Waals surface area contributed by atoms with E-state index in [9.17, 15) is 0 Å². The molecule has 0 spiro atoms. The number of ether oxygens (including phenoxy) is 1. The van der Waals surface area contributed by atoms with E-state index in [1.54, 1.807) is 0 Å². The van der Waals surface area contributed by atoms with Crippen molar-refractivity contribution < 1.29 is 29.1 Å². The minimum atomic E-state index is -4.64. The molecule has 0 aromatic carbocycles. The van der Waals surface area contributed by atoms with E-state index >= 15 is 0 Å². The molecule has 0 bridgehead atoms. The second-order valence-corrected chi connectivity index (χ2v) is 4.29. The summed E-state index contributed by atoms with van der Waals surface area (Å²) in [7, 11) is -4.64. The summed E-state index contributed by atoms with van der Waals surface area (Å²) in [5, 5.41) is 8.38. The normalized spacial score (nSPS) is 10.8. The van der Waals surface area contributed by atoms with Crippen LogP contribution in [0.4, 0.5) is 0 Å². The molecular formula is C9H23O6P. The molecule has 0 amide bonds. The minimum absolute atomic E-state index is 0.148. The second kappa shape index (κ2) is 13.1. The van der Waals surface area contributed by atoms with Crippen molar-refractivity contribution in [1.29, 1.82) is 0 Å². The predicted molar refractivity (Wildman–Crippen MR) is 60.9 cm³/mol. The van der Waals surface area contributed by atoms with Crippen LogP contribution in [0.5, 0.6) is 0 Å². The number of aliphatic hydroxyl groups is 1. The fraction of sp³-hybridized carbons (Fsp3) is 1.00. The highest BCUT2D eigenvalue weighted by Crippen LogP contribution is 2.25. The number of phosphoric acid groups is 1. The van der Waals surface area contributed by atoms with Crippen molar-refractivity contribution in [2.45, 2.75) is 39.0 Å². The number of unbranched alkanes of at least 4 members (excludes halogenated alkanes) is 4. The van der Waals surface area contributed by atoms with E-state index in [4.69, 9.17) is 29.1 Å². The van der Waals surface area contributed by atoms with Crippen molar-refractivity contribution in [3.63, 3.8) is 0 Å². The number of hydrogen-bond donors (Lipinski definition) is 4. The monoisotopic (exact) mass is 258 g/mol. The Morgan fingerprint density at radius 1 is 1.00 bits per heavy atom.